The van der Waals surface area contributed by atoms with Crippen LogP contribution in [0.5, 0.6) is 11.5 Å². The molecule has 0 bridgehead atoms. The van der Waals surface area contributed by atoms with Gasteiger partial charge < -0.3 is 25.3 Å². The number of anilines is 1. The molecule has 11 heteroatoms. The van der Waals surface area contributed by atoms with E-state index in [1.165, 1.54) is 48.8 Å². The first-order chi connectivity index (χ1) is 18.1. The van der Waals surface area contributed by atoms with Gasteiger partial charge >= 0.3 is 0 Å². The fourth-order valence-electron chi connectivity index (χ4n) is 4.39. The smallest absolute Gasteiger partial charge is 0.254 e. The van der Waals surface area contributed by atoms with Crippen LogP contribution >= 0.6 is 0 Å². The van der Waals surface area contributed by atoms with E-state index in [1.807, 2.05) is 18.7 Å². The number of nitrogens with one attached hydrogen (secondary N) is 1. The Bertz CT molecular complexity index is 1300. The lowest BCUT2D eigenvalue weighted by Crippen LogP contribution is -2.63. The molecule has 0 spiro atoms. The van der Waals surface area contributed by atoms with Crippen molar-refractivity contribution in [3.05, 3.63) is 83.2 Å². The molecule has 3 heterocycles. The SMILES string of the molecule is C[C@H](C(=O)Nc1ccc(Oc2ccc(F)cc2)cn1)N1CCN(C(=O)c2cc[n+]([O-])c(CO)c2)C(C)(C)C1. The summed E-state index contributed by atoms with van der Waals surface area (Å²) in [7, 11) is 0. The summed E-state index contributed by atoms with van der Waals surface area (Å²) < 4.78 is 19.2. The molecular weight excluding hydrogens is 493 g/mol. The van der Waals surface area contributed by atoms with Crippen LogP contribution < -0.4 is 14.8 Å². The van der Waals surface area contributed by atoms with Crippen molar-refractivity contribution >= 4 is 17.6 Å². The maximum absolute atomic E-state index is 13.2. The molecule has 200 valence electrons. The Labute approximate surface area is 219 Å². The van der Waals surface area contributed by atoms with Crippen LogP contribution in [0.3, 0.4) is 0 Å². The second-order valence-electron chi connectivity index (χ2n) is 9.73. The normalized spacial score (nSPS) is 16.1. The predicted molar refractivity (Wildman–Crippen MR) is 137 cm³/mol. The molecule has 4 rings (SSSR count). The number of carbonyl (C=O) groups is 2. The lowest BCUT2D eigenvalue weighted by Gasteiger charge is -2.48. The molecule has 1 atom stereocenters. The highest BCUT2D eigenvalue weighted by Gasteiger charge is 2.40. The van der Waals surface area contributed by atoms with E-state index in [1.54, 1.807) is 24.0 Å². The average Bonchev–Trinajstić information content (AvgIpc) is 2.90. The summed E-state index contributed by atoms with van der Waals surface area (Å²) in [5, 5.41) is 23.9. The number of benzene rings is 1. The van der Waals surface area contributed by atoms with Crippen LogP contribution in [0.1, 0.15) is 36.8 Å². The van der Waals surface area contributed by atoms with Gasteiger partial charge in [0.1, 0.15) is 29.7 Å². The number of hydrogen-bond donors (Lipinski definition) is 2. The van der Waals surface area contributed by atoms with Crippen molar-refractivity contribution in [3.8, 4) is 11.5 Å². The minimum atomic E-state index is -0.593. The zero-order chi connectivity index (χ0) is 27.4. The Hall–Kier alpha value is -4.09. The van der Waals surface area contributed by atoms with Gasteiger partial charge in [-0.05, 0) is 57.2 Å². The molecule has 0 radical (unpaired) electrons. The molecule has 1 saturated heterocycles. The number of pyridine rings is 2. The first-order valence-electron chi connectivity index (χ1n) is 12.2. The number of aliphatic hydroxyl groups is 1. The molecule has 0 unspecified atom stereocenters. The zero-order valence-electron chi connectivity index (χ0n) is 21.4. The van der Waals surface area contributed by atoms with Gasteiger partial charge in [0.05, 0.1) is 23.3 Å². The van der Waals surface area contributed by atoms with E-state index in [9.17, 15) is 24.3 Å². The molecule has 0 aliphatic carbocycles. The minimum absolute atomic E-state index is 0.0984. The molecule has 0 saturated carbocycles. The second-order valence-corrected chi connectivity index (χ2v) is 9.73. The molecule has 1 aliphatic rings. The number of nitrogens with zero attached hydrogens (tertiary/aromatic N) is 4. The Morgan fingerprint density at radius 1 is 1.18 bits per heavy atom. The number of aliphatic hydroxyl groups excluding tert-OH is 1. The number of piperazine rings is 1. The molecule has 2 N–H and O–H groups in total. The number of amides is 2. The molecule has 3 aromatic rings. The van der Waals surface area contributed by atoms with Crippen LogP contribution in [-0.2, 0) is 11.4 Å². The van der Waals surface area contributed by atoms with Crippen molar-refractivity contribution in [3.63, 3.8) is 0 Å². The van der Waals surface area contributed by atoms with Crippen molar-refractivity contribution in [2.24, 2.45) is 0 Å². The minimum Gasteiger partial charge on any atom is -0.618 e. The molecule has 1 fully saturated rings. The van der Waals surface area contributed by atoms with E-state index in [-0.39, 0.29) is 23.3 Å². The van der Waals surface area contributed by atoms with Crippen LogP contribution in [0.15, 0.2) is 60.9 Å². The summed E-state index contributed by atoms with van der Waals surface area (Å²) in [5.74, 6) is 0.435. The van der Waals surface area contributed by atoms with Crippen molar-refractivity contribution < 1.29 is 28.6 Å². The van der Waals surface area contributed by atoms with Crippen molar-refractivity contribution in [1.29, 1.82) is 0 Å². The molecule has 2 aromatic heterocycles. The number of ether oxygens (including phenoxy) is 1. The first-order valence-corrected chi connectivity index (χ1v) is 12.2. The fraction of sp³-hybridized carbons (Fsp3) is 0.333. The topological polar surface area (TPSA) is 122 Å². The summed E-state index contributed by atoms with van der Waals surface area (Å²) >= 11 is 0. The van der Waals surface area contributed by atoms with Crippen LogP contribution in [0.2, 0.25) is 0 Å². The first kappa shape index (κ1) is 27.0. The Morgan fingerprint density at radius 2 is 1.89 bits per heavy atom. The summed E-state index contributed by atoms with van der Waals surface area (Å²) in [6.07, 6.45) is 2.68. The predicted octanol–water partition coefficient (Wildman–Crippen LogP) is 2.70. The quantitative estimate of drug-likeness (QED) is 0.361. The van der Waals surface area contributed by atoms with Gasteiger partial charge in [-0.25, -0.2) is 9.37 Å². The van der Waals surface area contributed by atoms with Crippen LogP contribution in [0.25, 0.3) is 0 Å². The molecule has 1 aromatic carbocycles. The number of rotatable bonds is 7. The highest BCUT2D eigenvalue weighted by molar-refractivity contribution is 5.95. The molecule has 1 aliphatic heterocycles. The van der Waals surface area contributed by atoms with Crippen molar-refractivity contribution in [2.45, 2.75) is 39.0 Å². The Balaban J connectivity index is 1.35. The van der Waals surface area contributed by atoms with Crippen LogP contribution in [-0.4, -0.2) is 62.9 Å². The monoisotopic (exact) mass is 523 g/mol. The van der Waals surface area contributed by atoms with Crippen molar-refractivity contribution in [2.75, 3.05) is 25.0 Å². The van der Waals surface area contributed by atoms with Gasteiger partial charge in [0.25, 0.3) is 5.91 Å². The number of halogens is 1. The highest BCUT2D eigenvalue weighted by Crippen LogP contribution is 2.26. The summed E-state index contributed by atoms with van der Waals surface area (Å²) in [6, 6.07) is 11.2. The van der Waals surface area contributed by atoms with E-state index in [0.29, 0.717) is 47.2 Å². The summed E-state index contributed by atoms with van der Waals surface area (Å²) in [5.41, 5.74) is -0.169. The standard InChI is InChI=1S/C27H30FN5O5/c1-18(25(35)30-24-9-8-23(15-29-24)38-22-6-4-20(28)5-7-22)31-12-13-32(27(2,3)17-31)26(36)19-10-11-33(37)21(14-19)16-34/h4-11,14-15,18,34H,12-13,16-17H2,1-3H3,(H,29,30,35)/t18-/m1/s1. The summed E-state index contributed by atoms with van der Waals surface area (Å²) in [6.45, 7) is 6.49. The van der Waals surface area contributed by atoms with Crippen LogP contribution in [0, 0.1) is 11.0 Å². The third kappa shape index (κ3) is 6.06. The van der Waals surface area contributed by atoms with Gasteiger partial charge in [0, 0.05) is 31.8 Å². The molecule has 10 nitrogen and oxygen atoms in total. The van der Waals surface area contributed by atoms with E-state index < -0.39 is 18.2 Å². The Kier molecular flexibility index (Phi) is 7.88. The van der Waals surface area contributed by atoms with Gasteiger partial charge in [-0.3, -0.25) is 14.5 Å². The second kappa shape index (κ2) is 11.1. The van der Waals surface area contributed by atoms with Crippen molar-refractivity contribution in [1.82, 2.24) is 14.8 Å². The fourth-order valence-corrected chi connectivity index (χ4v) is 4.39. The van der Waals surface area contributed by atoms with Gasteiger partial charge in [-0.2, -0.15) is 4.73 Å². The lowest BCUT2D eigenvalue weighted by atomic mass is 9.96. The maximum atomic E-state index is 13.2. The van der Waals surface area contributed by atoms with E-state index >= 15 is 0 Å². The third-order valence-electron chi connectivity index (χ3n) is 6.54. The highest BCUT2D eigenvalue weighted by atomic mass is 19.1. The average molecular weight is 524 g/mol. The molecular formula is C27H30FN5O5. The van der Waals surface area contributed by atoms with E-state index in [0.717, 1.165) is 0 Å². The molecule has 2 amide bonds. The van der Waals surface area contributed by atoms with Crippen LogP contribution in [0.4, 0.5) is 10.2 Å². The number of hydrogen-bond acceptors (Lipinski definition) is 7. The van der Waals surface area contributed by atoms with Gasteiger partial charge in [0.2, 0.25) is 11.6 Å². The number of carbonyl (C=O) groups excluding carboxylic acids is 2. The van der Waals surface area contributed by atoms with E-state index in [4.69, 9.17) is 4.74 Å². The van der Waals surface area contributed by atoms with Gasteiger partial charge in [-0.15, -0.1) is 0 Å². The van der Waals surface area contributed by atoms with Gasteiger partial charge in [0.15, 0.2) is 6.20 Å². The maximum Gasteiger partial charge on any atom is 0.254 e. The largest absolute Gasteiger partial charge is 0.618 e. The third-order valence-corrected chi connectivity index (χ3v) is 6.54. The zero-order valence-corrected chi connectivity index (χ0v) is 21.4. The van der Waals surface area contributed by atoms with E-state index in [2.05, 4.69) is 10.3 Å². The number of aromatic nitrogens is 2. The van der Waals surface area contributed by atoms with Gasteiger partial charge in [-0.1, -0.05) is 0 Å². The Morgan fingerprint density at radius 3 is 2.53 bits per heavy atom. The molecule has 38 heavy (non-hydrogen) atoms. The summed E-state index contributed by atoms with van der Waals surface area (Å²) in [4.78, 5) is 34.1. The lowest BCUT2D eigenvalue weighted by molar-refractivity contribution is -0.616.